The lowest BCUT2D eigenvalue weighted by atomic mass is 9.96. The van der Waals surface area contributed by atoms with E-state index >= 15 is 0 Å². The van der Waals surface area contributed by atoms with Gasteiger partial charge in [0, 0.05) is 16.8 Å². The largest absolute Gasteiger partial charge is 0.418 e. The van der Waals surface area contributed by atoms with E-state index < -0.39 is 0 Å². The molecule has 0 N–H and O–H groups in total. The number of anilines is 3. The lowest BCUT2D eigenvalue weighted by Crippen LogP contribution is -2.10. The zero-order chi connectivity index (χ0) is 41.4. The Morgan fingerprint density at radius 2 is 0.714 bits per heavy atom. The Morgan fingerprint density at radius 1 is 0.317 bits per heavy atom. The molecule has 0 spiro atoms. The van der Waals surface area contributed by atoms with Crippen LogP contribution < -0.4 is 4.90 Å². The summed E-state index contributed by atoms with van der Waals surface area (Å²) in [6.07, 6.45) is 3.65. The van der Waals surface area contributed by atoms with Gasteiger partial charge in [-0.25, -0.2) is 19.9 Å². The number of hydrogen-bond acceptors (Lipinski definition) is 7. The van der Waals surface area contributed by atoms with E-state index in [1.165, 1.54) is 32.7 Å². The summed E-state index contributed by atoms with van der Waals surface area (Å²) in [5, 5.41) is 11.7. The summed E-state index contributed by atoms with van der Waals surface area (Å²) >= 11 is 0. The number of benzene rings is 9. The summed E-state index contributed by atoms with van der Waals surface area (Å²) in [5.41, 5.74) is 8.88. The van der Waals surface area contributed by atoms with E-state index in [1.54, 1.807) is 0 Å². The Balaban J connectivity index is 0.922. The molecule has 13 aromatic rings. The molecule has 9 aromatic carbocycles. The summed E-state index contributed by atoms with van der Waals surface area (Å²) < 4.78 is 12.5. The van der Waals surface area contributed by atoms with Crippen LogP contribution in [0, 0.1) is 0 Å². The van der Waals surface area contributed by atoms with Crippen molar-refractivity contribution in [3.8, 4) is 34.0 Å². The summed E-state index contributed by atoms with van der Waals surface area (Å²) in [6, 6.07) is 65.9. The highest BCUT2D eigenvalue weighted by atomic mass is 16.4. The summed E-state index contributed by atoms with van der Waals surface area (Å²) in [5.74, 6) is 1.03. The van der Waals surface area contributed by atoms with Gasteiger partial charge in [0.15, 0.2) is 0 Å². The zero-order valence-corrected chi connectivity index (χ0v) is 33.6. The molecular formula is C56H33N5O2. The fraction of sp³-hybridized carbons (Fsp3) is 0. The molecule has 4 heterocycles. The van der Waals surface area contributed by atoms with Gasteiger partial charge in [0.1, 0.15) is 11.0 Å². The quantitative estimate of drug-likeness (QED) is 0.155. The van der Waals surface area contributed by atoms with Crippen molar-refractivity contribution in [2.45, 2.75) is 0 Å². The molecule has 0 radical (unpaired) electrons. The van der Waals surface area contributed by atoms with Crippen LogP contribution in [-0.2, 0) is 0 Å². The van der Waals surface area contributed by atoms with Gasteiger partial charge >= 0.3 is 0 Å². The molecule has 4 aromatic heterocycles. The first-order valence-corrected chi connectivity index (χ1v) is 20.9. The molecule has 294 valence electrons. The second kappa shape index (κ2) is 13.9. The molecular weight excluding hydrogens is 775 g/mol. The average Bonchev–Trinajstić information content (AvgIpc) is 3.98. The van der Waals surface area contributed by atoms with Gasteiger partial charge in [0.2, 0.25) is 23.2 Å². The topological polar surface area (TPSA) is 81.1 Å². The highest BCUT2D eigenvalue weighted by Crippen LogP contribution is 2.40. The molecule has 0 aliphatic rings. The molecule has 0 aliphatic heterocycles. The van der Waals surface area contributed by atoms with Crippen molar-refractivity contribution in [3.63, 3.8) is 0 Å². The number of aromatic nitrogens is 4. The van der Waals surface area contributed by atoms with Crippen molar-refractivity contribution in [2.24, 2.45) is 0 Å². The Hall–Kier alpha value is -8.68. The van der Waals surface area contributed by atoms with E-state index in [9.17, 15) is 0 Å². The van der Waals surface area contributed by atoms with Crippen molar-refractivity contribution in [1.29, 1.82) is 0 Å². The first-order valence-electron chi connectivity index (χ1n) is 20.9. The predicted octanol–water partition coefficient (Wildman–Crippen LogP) is 15.0. The Bertz CT molecular complexity index is 3810. The van der Waals surface area contributed by atoms with E-state index in [2.05, 4.69) is 144 Å². The van der Waals surface area contributed by atoms with Crippen molar-refractivity contribution in [3.05, 3.63) is 200 Å². The normalized spacial score (nSPS) is 11.8. The highest BCUT2D eigenvalue weighted by molar-refractivity contribution is 6.10. The number of nitrogens with zero attached hydrogens (tertiary/aromatic N) is 5. The number of hydrogen-bond donors (Lipinski definition) is 0. The number of oxazole rings is 2. The van der Waals surface area contributed by atoms with E-state index in [-0.39, 0.29) is 0 Å². The summed E-state index contributed by atoms with van der Waals surface area (Å²) in [7, 11) is 0. The molecule has 7 heteroatoms. The Morgan fingerprint density at radius 3 is 1.24 bits per heavy atom. The first kappa shape index (κ1) is 35.1. The molecule has 0 aliphatic carbocycles. The van der Waals surface area contributed by atoms with Crippen LogP contribution in [-0.4, -0.2) is 19.9 Å². The number of rotatable bonds is 6. The fourth-order valence-corrected chi connectivity index (χ4v) is 8.95. The molecule has 0 saturated heterocycles. The third-order valence-electron chi connectivity index (χ3n) is 12.1. The smallest absolute Gasteiger partial charge is 0.247 e. The molecule has 0 atom stereocenters. The van der Waals surface area contributed by atoms with E-state index in [1.807, 2.05) is 60.9 Å². The minimum Gasteiger partial charge on any atom is -0.418 e. The first-order chi connectivity index (χ1) is 31.1. The van der Waals surface area contributed by atoms with Crippen molar-refractivity contribution < 1.29 is 8.83 Å². The zero-order valence-electron chi connectivity index (χ0n) is 33.6. The van der Waals surface area contributed by atoms with Crippen LogP contribution in [0.5, 0.6) is 0 Å². The van der Waals surface area contributed by atoms with Gasteiger partial charge in [-0.1, -0.05) is 127 Å². The molecule has 63 heavy (non-hydrogen) atoms. The van der Waals surface area contributed by atoms with Crippen LogP contribution in [0.1, 0.15) is 0 Å². The van der Waals surface area contributed by atoms with E-state index in [0.29, 0.717) is 34.2 Å². The lowest BCUT2D eigenvalue weighted by Gasteiger charge is -2.25. The molecule has 7 nitrogen and oxygen atoms in total. The van der Waals surface area contributed by atoms with Gasteiger partial charge in [-0.15, -0.1) is 0 Å². The Labute approximate surface area is 360 Å². The maximum Gasteiger partial charge on any atom is 0.247 e. The molecule has 13 rings (SSSR count). The molecule has 0 amide bonds. The number of pyridine rings is 2. The van der Waals surface area contributed by atoms with Gasteiger partial charge in [0.05, 0.1) is 23.8 Å². The van der Waals surface area contributed by atoms with Gasteiger partial charge in [-0.2, -0.15) is 0 Å². The summed E-state index contributed by atoms with van der Waals surface area (Å²) in [6.45, 7) is 0. The minimum absolute atomic E-state index is 0.458. The lowest BCUT2D eigenvalue weighted by molar-refractivity contribution is 0.607. The molecule has 0 bridgehead atoms. The van der Waals surface area contributed by atoms with E-state index in [0.717, 1.165) is 60.5 Å². The minimum atomic E-state index is 0.458. The van der Waals surface area contributed by atoms with Crippen LogP contribution in [0.2, 0.25) is 0 Å². The van der Waals surface area contributed by atoms with Gasteiger partial charge < -0.3 is 13.7 Å². The van der Waals surface area contributed by atoms with Crippen molar-refractivity contribution in [2.75, 3.05) is 4.90 Å². The predicted molar refractivity (Wildman–Crippen MR) is 256 cm³/mol. The summed E-state index contributed by atoms with van der Waals surface area (Å²) in [4.78, 5) is 21.7. The maximum atomic E-state index is 6.26. The van der Waals surface area contributed by atoms with Crippen LogP contribution in [0.25, 0.3) is 110 Å². The van der Waals surface area contributed by atoms with Crippen molar-refractivity contribution in [1.82, 2.24) is 19.9 Å². The molecule has 0 unspecified atom stereocenters. The van der Waals surface area contributed by atoms with Crippen LogP contribution >= 0.6 is 0 Å². The monoisotopic (exact) mass is 807 g/mol. The SMILES string of the molecule is c1ccc2cc(-c3ccc4c(ccc5cc(N(c6cnc7oc(-c8ccc9ccccc9c8)nc7c6)c6cnc7oc(-c8ccc9ccccc9c8)nc7c6)ccc54)c3)ccc2c1. The third-order valence-corrected chi connectivity index (χ3v) is 12.1. The second-order valence-corrected chi connectivity index (χ2v) is 16.0. The highest BCUT2D eigenvalue weighted by Gasteiger charge is 2.20. The molecule has 0 fully saturated rings. The van der Waals surface area contributed by atoms with Gasteiger partial charge in [-0.3, -0.25) is 0 Å². The number of fused-ring (bicyclic) bond motifs is 8. The van der Waals surface area contributed by atoms with Crippen molar-refractivity contribution >= 4 is 93.4 Å². The van der Waals surface area contributed by atoms with Crippen LogP contribution in [0.15, 0.2) is 209 Å². The van der Waals surface area contributed by atoms with Gasteiger partial charge in [-0.05, 0) is 126 Å². The average molecular weight is 808 g/mol. The third kappa shape index (κ3) is 6.05. The van der Waals surface area contributed by atoms with Crippen LogP contribution in [0.3, 0.4) is 0 Å². The van der Waals surface area contributed by atoms with Gasteiger partial charge in [0.25, 0.3) is 0 Å². The fourth-order valence-electron chi connectivity index (χ4n) is 8.95. The van der Waals surface area contributed by atoms with E-state index in [4.69, 9.17) is 28.8 Å². The standard InChI is InChI=1S/C56H33N5O2/c1-4-10-37-25-40(16-13-34(37)7-1)41-21-23-49-42(26-41)17-18-43-29-46(22-24-50(43)49)61(47-30-51-55(57-32-47)62-53(59-51)44-19-14-35-8-2-5-11-38(35)27-44)48-31-52-56(58-33-48)63-54(60-52)45-20-15-36-9-3-6-12-39(36)28-45/h1-33H. The maximum absolute atomic E-state index is 6.26. The second-order valence-electron chi connectivity index (χ2n) is 16.0. The van der Waals surface area contributed by atoms with Crippen LogP contribution in [0.4, 0.5) is 17.1 Å². The molecule has 0 saturated carbocycles. The Kier molecular flexibility index (Phi) is 7.77.